The van der Waals surface area contributed by atoms with E-state index >= 15 is 0 Å². The van der Waals surface area contributed by atoms with Gasteiger partial charge in [-0.1, -0.05) is 11.8 Å². The van der Waals surface area contributed by atoms with Crippen LogP contribution in [-0.2, 0) is 4.74 Å². The molecule has 0 spiro atoms. The van der Waals surface area contributed by atoms with E-state index in [4.69, 9.17) is 4.74 Å². The molecule has 0 bridgehead atoms. The van der Waals surface area contributed by atoms with Crippen LogP contribution in [0.5, 0.6) is 0 Å². The van der Waals surface area contributed by atoms with Crippen molar-refractivity contribution in [1.82, 2.24) is 9.97 Å². The van der Waals surface area contributed by atoms with Gasteiger partial charge in [-0.15, -0.1) is 0 Å². The molecule has 1 aromatic heterocycles. The molecule has 1 unspecified atom stereocenters. The van der Waals surface area contributed by atoms with Gasteiger partial charge in [0.25, 0.3) is 0 Å². The molecule has 1 atom stereocenters. The van der Waals surface area contributed by atoms with Crippen LogP contribution in [0.4, 0.5) is 11.6 Å². The lowest BCUT2D eigenvalue weighted by molar-refractivity contribution is 0.0247. The summed E-state index contributed by atoms with van der Waals surface area (Å²) >= 11 is 1.54. The highest BCUT2D eigenvalue weighted by Gasteiger charge is 2.13. The van der Waals surface area contributed by atoms with E-state index in [1.165, 1.54) is 12.8 Å². The van der Waals surface area contributed by atoms with Crippen LogP contribution in [0.15, 0.2) is 11.2 Å². The molecule has 100 valence electrons. The summed E-state index contributed by atoms with van der Waals surface area (Å²) in [6.07, 6.45) is 5.86. The number of aromatic nitrogens is 2. The maximum atomic E-state index is 5.69. The molecule has 0 saturated carbocycles. The van der Waals surface area contributed by atoms with Crippen LogP contribution in [0.25, 0.3) is 0 Å². The Hall–Kier alpha value is -1.01. The van der Waals surface area contributed by atoms with Crippen molar-refractivity contribution in [2.75, 3.05) is 37.1 Å². The third-order valence-corrected chi connectivity index (χ3v) is 3.48. The Morgan fingerprint density at radius 3 is 2.89 bits per heavy atom. The standard InChI is InChI=1S/C12H20N4OS/c1-13-10-7-11(16-12(15-10)18-2)14-8-9-5-3-4-6-17-9/h7,9H,3-6,8H2,1-2H3,(H2,13,14,15,16). The van der Waals surface area contributed by atoms with Crippen molar-refractivity contribution in [2.24, 2.45) is 0 Å². The maximum absolute atomic E-state index is 5.69. The zero-order chi connectivity index (χ0) is 12.8. The van der Waals surface area contributed by atoms with E-state index < -0.39 is 0 Å². The molecule has 6 heteroatoms. The highest BCUT2D eigenvalue weighted by Crippen LogP contribution is 2.18. The predicted octanol–water partition coefficient (Wildman–Crippen LogP) is 2.22. The molecular formula is C12H20N4OS. The van der Waals surface area contributed by atoms with Crippen LogP contribution in [-0.4, -0.2) is 42.5 Å². The van der Waals surface area contributed by atoms with Crippen LogP contribution in [0, 0.1) is 0 Å². The van der Waals surface area contributed by atoms with Gasteiger partial charge in [-0.05, 0) is 25.5 Å². The Labute approximate surface area is 112 Å². The molecule has 1 aliphatic heterocycles. The van der Waals surface area contributed by atoms with E-state index in [2.05, 4.69) is 20.6 Å². The minimum atomic E-state index is 0.310. The first-order chi connectivity index (χ1) is 8.81. The van der Waals surface area contributed by atoms with E-state index in [1.54, 1.807) is 11.8 Å². The van der Waals surface area contributed by atoms with Gasteiger partial charge in [0.1, 0.15) is 11.6 Å². The van der Waals surface area contributed by atoms with E-state index in [-0.39, 0.29) is 0 Å². The second kappa shape index (κ2) is 6.80. The number of hydrogen-bond donors (Lipinski definition) is 2. The summed E-state index contributed by atoms with van der Waals surface area (Å²) in [7, 11) is 1.86. The van der Waals surface area contributed by atoms with E-state index in [0.717, 1.165) is 36.4 Å². The average Bonchev–Trinajstić information content (AvgIpc) is 2.45. The average molecular weight is 268 g/mol. The van der Waals surface area contributed by atoms with Gasteiger partial charge in [-0.2, -0.15) is 0 Å². The number of hydrogen-bond acceptors (Lipinski definition) is 6. The van der Waals surface area contributed by atoms with Crippen molar-refractivity contribution < 1.29 is 4.74 Å². The van der Waals surface area contributed by atoms with Crippen LogP contribution in [0.2, 0.25) is 0 Å². The summed E-state index contributed by atoms with van der Waals surface area (Å²) in [5.41, 5.74) is 0. The minimum Gasteiger partial charge on any atom is -0.376 e. The zero-order valence-electron chi connectivity index (χ0n) is 10.9. The van der Waals surface area contributed by atoms with Gasteiger partial charge >= 0.3 is 0 Å². The summed E-state index contributed by atoms with van der Waals surface area (Å²) in [6, 6.07) is 1.92. The monoisotopic (exact) mass is 268 g/mol. The van der Waals surface area contributed by atoms with Crippen LogP contribution >= 0.6 is 11.8 Å². The van der Waals surface area contributed by atoms with Crippen LogP contribution in [0.3, 0.4) is 0 Å². The highest BCUT2D eigenvalue weighted by atomic mass is 32.2. The lowest BCUT2D eigenvalue weighted by Crippen LogP contribution is -2.27. The Morgan fingerprint density at radius 2 is 2.22 bits per heavy atom. The molecule has 2 heterocycles. The number of nitrogens with zero attached hydrogens (tertiary/aromatic N) is 2. The molecule has 0 radical (unpaired) electrons. The van der Waals surface area contributed by atoms with Gasteiger partial charge in [-0.3, -0.25) is 0 Å². The van der Waals surface area contributed by atoms with Gasteiger partial charge in [0.15, 0.2) is 5.16 Å². The Balaban J connectivity index is 1.94. The van der Waals surface area contributed by atoms with Gasteiger partial charge in [-0.25, -0.2) is 9.97 Å². The van der Waals surface area contributed by atoms with E-state index in [1.807, 2.05) is 19.4 Å². The summed E-state index contributed by atoms with van der Waals surface area (Å²) in [4.78, 5) is 8.76. The fourth-order valence-electron chi connectivity index (χ4n) is 1.92. The summed E-state index contributed by atoms with van der Waals surface area (Å²) < 4.78 is 5.69. The summed E-state index contributed by atoms with van der Waals surface area (Å²) in [6.45, 7) is 1.70. The first-order valence-corrected chi connectivity index (χ1v) is 7.50. The third kappa shape index (κ3) is 3.74. The zero-order valence-corrected chi connectivity index (χ0v) is 11.7. The van der Waals surface area contributed by atoms with Crippen LogP contribution in [0.1, 0.15) is 19.3 Å². The van der Waals surface area contributed by atoms with Crippen molar-refractivity contribution in [2.45, 2.75) is 30.5 Å². The largest absolute Gasteiger partial charge is 0.376 e. The number of anilines is 2. The molecule has 0 aromatic carbocycles. The van der Waals surface area contributed by atoms with E-state index in [9.17, 15) is 0 Å². The normalized spacial score (nSPS) is 19.6. The van der Waals surface area contributed by atoms with Crippen molar-refractivity contribution in [3.63, 3.8) is 0 Å². The molecule has 1 aromatic rings. The van der Waals surface area contributed by atoms with E-state index in [0.29, 0.717) is 6.10 Å². The van der Waals surface area contributed by atoms with Gasteiger partial charge in [0, 0.05) is 26.3 Å². The molecule has 1 saturated heterocycles. The quantitative estimate of drug-likeness (QED) is 0.631. The fraction of sp³-hybridized carbons (Fsp3) is 0.667. The summed E-state index contributed by atoms with van der Waals surface area (Å²) in [5, 5.41) is 7.15. The lowest BCUT2D eigenvalue weighted by atomic mass is 10.1. The molecule has 0 amide bonds. The second-order valence-corrected chi connectivity index (χ2v) is 5.02. The third-order valence-electron chi connectivity index (χ3n) is 2.93. The predicted molar refractivity (Wildman–Crippen MR) is 75.4 cm³/mol. The van der Waals surface area contributed by atoms with Crippen molar-refractivity contribution in [3.8, 4) is 0 Å². The van der Waals surface area contributed by atoms with Crippen molar-refractivity contribution in [3.05, 3.63) is 6.07 Å². The lowest BCUT2D eigenvalue weighted by Gasteiger charge is -2.23. The first-order valence-electron chi connectivity index (χ1n) is 6.28. The maximum Gasteiger partial charge on any atom is 0.191 e. The smallest absolute Gasteiger partial charge is 0.191 e. The van der Waals surface area contributed by atoms with Crippen molar-refractivity contribution in [1.29, 1.82) is 0 Å². The molecule has 1 fully saturated rings. The first kappa shape index (κ1) is 13.4. The Kier molecular flexibility index (Phi) is 5.07. The molecule has 0 aliphatic carbocycles. The SMILES string of the molecule is CNc1cc(NCC2CCCCO2)nc(SC)n1. The highest BCUT2D eigenvalue weighted by molar-refractivity contribution is 7.98. The molecule has 18 heavy (non-hydrogen) atoms. The van der Waals surface area contributed by atoms with Gasteiger partial charge in [0.05, 0.1) is 6.10 Å². The minimum absolute atomic E-state index is 0.310. The Bertz CT molecular complexity index is 360. The summed E-state index contributed by atoms with van der Waals surface area (Å²) in [5.74, 6) is 1.69. The molecule has 2 N–H and O–H groups in total. The van der Waals surface area contributed by atoms with Crippen LogP contribution < -0.4 is 10.6 Å². The molecule has 1 aliphatic rings. The van der Waals surface area contributed by atoms with Gasteiger partial charge in [0.2, 0.25) is 0 Å². The number of rotatable bonds is 5. The van der Waals surface area contributed by atoms with Gasteiger partial charge < -0.3 is 15.4 Å². The second-order valence-electron chi connectivity index (χ2n) is 4.24. The molecular weight excluding hydrogens is 248 g/mol. The number of nitrogens with one attached hydrogen (secondary N) is 2. The fourth-order valence-corrected chi connectivity index (χ4v) is 2.30. The topological polar surface area (TPSA) is 59.1 Å². The number of ether oxygens (including phenoxy) is 1. The Morgan fingerprint density at radius 1 is 1.39 bits per heavy atom. The molecule has 2 rings (SSSR count). The number of thioether (sulfide) groups is 1. The molecule has 5 nitrogen and oxygen atoms in total. The van der Waals surface area contributed by atoms with Crippen molar-refractivity contribution >= 4 is 23.4 Å².